The van der Waals surface area contributed by atoms with Gasteiger partial charge in [0.15, 0.2) is 5.82 Å². The number of halogens is 3. The molecule has 174 valence electrons. The summed E-state index contributed by atoms with van der Waals surface area (Å²) in [6, 6.07) is 5.75. The van der Waals surface area contributed by atoms with Crippen LogP contribution < -0.4 is 9.64 Å². The first kappa shape index (κ1) is 22.3. The molecule has 10 heteroatoms. The third kappa shape index (κ3) is 4.94. The van der Waals surface area contributed by atoms with Crippen molar-refractivity contribution in [3.8, 4) is 11.4 Å². The van der Waals surface area contributed by atoms with Gasteiger partial charge in [0.05, 0.1) is 5.69 Å². The molecule has 7 nitrogen and oxygen atoms in total. The first-order chi connectivity index (χ1) is 15.0. The maximum Gasteiger partial charge on any atom is 0.573 e. The summed E-state index contributed by atoms with van der Waals surface area (Å²) in [5.74, 6) is 0.625. The number of alkyl halides is 3. The van der Waals surface area contributed by atoms with Crippen LogP contribution in [0.15, 0.2) is 24.3 Å². The summed E-state index contributed by atoms with van der Waals surface area (Å²) in [5, 5.41) is 4.80. The molecule has 0 radical (unpaired) electrons. The highest BCUT2D eigenvalue weighted by molar-refractivity contribution is 5.68. The van der Waals surface area contributed by atoms with Crippen LogP contribution in [0.2, 0.25) is 0 Å². The zero-order valence-corrected chi connectivity index (χ0v) is 18.4. The van der Waals surface area contributed by atoms with Gasteiger partial charge in [0, 0.05) is 37.4 Å². The van der Waals surface area contributed by atoms with Gasteiger partial charge in [-0.05, 0) is 64.3 Å². The first-order valence-electron chi connectivity index (χ1n) is 10.7. The second-order valence-corrected chi connectivity index (χ2v) is 9.01. The molecule has 1 aliphatic carbocycles. The standard InChI is InChI=1S/C22H27F3N4O3/c1-21(2,3)32-20(30)28-13-11-27(12-14-28)19-17-5-4-6-18(17)29(26-19)15-7-9-16(10-8-15)31-22(23,24)25/h7-10H,4-6,11-14H2,1-3H3. The molecular formula is C22H27F3N4O3. The number of benzene rings is 1. The summed E-state index contributed by atoms with van der Waals surface area (Å²) in [5.41, 5.74) is 2.41. The Hall–Kier alpha value is -2.91. The Morgan fingerprint density at radius 3 is 2.25 bits per heavy atom. The van der Waals surface area contributed by atoms with Crippen LogP contribution in [0.1, 0.15) is 38.4 Å². The summed E-state index contributed by atoms with van der Waals surface area (Å²) >= 11 is 0. The molecule has 0 atom stereocenters. The molecule has 1 amide bonds. The van der Waals surface area contributed by atoms with Gasteiger partial charge in [-0.25, -0.2) is 9.48 Å². The summed E-state index contributed by atoms with van der Waals surface area (Å²) in [4.78, 5) is 16.2. The SMILES string of the molecule is CC(C)(C)OC(=O)N1CCN(c2nn(-c3ccc(OC(F)(F)F)cc3)c3c2CCC3)CC1. The lowest BCUT2D eigenvalue weighted by Gasteiger charge is -2.36. The van der Waals surface area contributed by atoms with Gasteiger partial charge in [-0.3, -0.25) is 0 Å². The minimum Gasteiger partial charge on any atom is -0.444 e. The van der Waals surface area contributed by atoms with Gasteiger partial charge in [0.2, 0.25) is 0 Å². The third-order valence-corrected chi connectivity index (χ3v) is 5.45. The van der Waals surface area contributed by atoms with Crippen molar-refractivity contribution in [2.45, 2.75) is 52.0 Å². The second-order valence-electron chi connectivity index (χ2n) is 9.01. The molecule has 1 fully saturated rings. The molecule has 0 spiro atoms. The van der Waals surface area contributed by atoms with Crippen molar-refractivity contribution < 1.29 is 27.4 Å². The lowest BCUT2D eigenvalue weighted by molar-refractivity contribution is -0.274. The van der Waals surface area contributed by atoms with Gasteiger partial charge in [0.1, 0.15) is 11.4 Å². The number of hydrogen-bond donors (Lipinski definition) is 0. The van der Waals surface area contributed by atoms with E-state index < -0.39 is 12.0 Å². The zero-order valence-electron chi connectivity index (χ0n) is 18.4. The fourth-order valence-electron chi connectivity index (χ4n) is 4.10. The summed E-state index contributed by atoms with van der Waals surface area (Å²) in [7, 11) is 0. The molecule has 0 N–H and O–H groups in total. The molecule has 4 rings (SSSR count). The van der Waals surface area contributed by atoms with Gasteiger partial charge in [-0.15, -0.1) is 18.3 Å². The van der Waals surface area contributed by atoms with Crippen molar-refractivity contribution in [3.63, 3.8) is 0 Å². The van der Waals surface area contributed by atoms with Crippen LogP contribution in [0, 0.1) is 0 Å². The molecule has 0 unspecified atom stereocenters. The molecule has 2 aliphatic rings. The van der Waals surface area contributed by atoms with Crippen molar-refractivity contribution in [3.05, 3.63) is 35.5 Å². The Morgan fingerprint density at radius 2 is 1.66 bits per heavy atom. The van der Waals surface area contributed by atoms with Crippen LogP contribution in [-0.2, 0) is 17.6 Å². The third-order valence-electron chi connectivity index (χ3n) is 5.45. The zero-order chi connectivity index (χ0) is 23.1. The maximum atomic E-state index is 12.4. The quantitative estimate of drug-likeness (QED) is 0.694. The monoisotopic (exact) mass is 452 g/mol. The maximum absolute atomic E-state index is 12.4. The van der Waals surface area contributed by atoms with E-state index in [9.17, 15) is 18.0 Å². The Kier molecular flexibility index (Phi) is 5.72. The summed E-state index contributed by atoms with van der Waals surface area (Å²) < 4.78 is 48.5. The number of fused-ring (bicyclic) bond motifs is 1. The number of piperazine rings is 1. The van der Waals surface area contributed by atoms with Gasteiger partial charge in [-0.2, -0.15) is 0 Å². The molecule has 1 saturated heterocycles. The number of carbonyl (C=O) groups excluding carboxylic acids is 1. The molecule has 32 heavy (non-hydrogen) atoms. The number of carbonyl (C=O) groups is 1. The van der Waals surface area contributed by atoms with E-state index >= 15 is 0 Å². The van der Waals surface area contributed by atoms with Crippen LogP contribution in [0.3, 0.4) is 0 Å². The van der Waals surface area contributed by atoms with Gasteiger partial charge < -0.3 is 19.3 Å². The van der Waals surface area contributed by atoms with E-state index in [1.807, 2.05) is 25.5 Å². The molecule has 2 aromatic rings. The Morgan fingerprint density at radius 1 is 1.00 bits per heavy atom. The van der Waals surface area contributed by atoms with Crippen molar-refractivity contribution in [1.82, 2.24) is 14.7 Å². The molecule has 1 aliphatic heterocycles. The Balaban J connectivity index is 1.49. The molecule has 2 heterocycles. The van der Waals surface area contributed by atoms with Crippen molar-refractivity contribution in [2.75, 3.05) is 31.1 Å². The van der Waals surface area contributed by atoms with Gasteiger partial charge in [-0.1, -0.05) is 0 Å². The minimum absolute atomic E-state index is 0.261. The topological polar surface area (TPSA) is 59.8 Å². The van der Waals surface area contributed by atoms with E-state index in [1.165, 1.54) is 17.7 Å². The highest BCUT2D eigenvalue weighted by atomic mass is 19.4. The number of rotatable bonds is 3. The van der Waals surface area contributed by atoms with E-state index in [2.05, 4.69) is 9.64 Å². The van der Waals surface area contributed by atoms with Crippen LogP contribution in [0.25, 0.3) is 5.69 Å². The summed E-state index contributed by atoms with van der Waals surface area (Å²) in [6.45, 7) is 7.90. The molecule has 1 aromatic heterocycles. The largest absolute Gasteiger partial charge is 0.573 e. The van der Waals surface area contributed by atoms with Crippen LogP contribution in [0.4, 0.5) is 23.8 Å². The Labute approximate surface area is 184 Å². The summed E-state index contributed by atoms with van der Waals surface area (Å²) in [6.07, 6.45) is -2.25. The van der Waals surface area contributed by atoms with E-state index in [0.717, 1.165) is 30.8 Å². The van der Waals surface area contributed by atoms with Crippen molar-refractivity contribution in [1.29, 1.82) is 0 Å². The number of hydrogen-bond acceptors (Lipinski definition) is 5. The fourth-order valence-corrected chi connectivity index (χ4v) is 4.10. The minimum atomic E-state index is -4.72. The highest BCUT2D eigenvalue weighted by Gasteiger charge is 2.32. The smallest absolute Gasteiger partial charge is 0.444 e. The lowest BCUT2D eigenvalue weighted by atomic mass is 10.2. The van der Waals surface area contributed by atoms with E-state index in [1.54, 1.807) is 17.0 Å². The average Bonchev–Trinajstić information content (AvgIpc) is 3.29. The van der Waals surface area contributed by atoms with Gasteiger partial charge in [0.25, 0.3) is 0 Å². The molecule has 1 aromatic carbocycles. The van der Waals surface area contributed by atoms with Gasteiger partial charge >= 0.3 is 12.5 Å². The average molecular weight is 452 g/mol. The van der Waals surface area contributed by atoms with Crippen molar-refractivity contribution in [2.24, 2.45) is 0 Å². The fraction of sp³-hybridized carbons (Fsp3) is 0.545. The highest BCUT2D eigenvalue weighted by Crippen LogP contribution is 2.34. The number of amides is 1. The van der Waals surface area contributed by atoms with Crippen LogP contribution in [-0.4, -0.2) is 58.9 Å². The predicted octanol–water partition coefficient (Wildman–Crippen LogP) is 4.32. The first-order valence-corrected chi connectivity index (χ1v) is 10.7. The number of aromatic nitrogens is 2. The normalized spacial score (nSPS) is 16.8. The molecular weight excluding hydrogens is 425 g/mol. The Bertz CT molecular complexity index is 972. The number of nitrogens with zero attached hydrogens (tertiary/aromatic N) is 4. The number of anilines is 1. The number of ether oxygens (including phenoxy) is 2. The second kappa shape index (κ2) is 8.22. The van der Waals surface area contributed by atoms with Crippen LogP contribution >= 0.6 is 0 Å². The van der Waals surface area contributed by atoms with E-state index in [0.29, 0.717) is 31.9 Å². The molecule has 0 bridgehead atoms. The van der Waals surface area contributed by atoms with Crippen molar-refractivity contribution >= 4 is 11.9 Å². The predicted molar refractivity (Wildman–Crippen MR) is 112 cm³/mol. The van der Waals surface area contributed by atoms with Crippen LogP contribution in [0.5, 0.6) is 5.75 Å². The van der Waals surface area contributed by atoms with E-state index in [4.69, 9.17) is 9.84 Å². The lowest BCUT2D eigenvalue weighted by Crippen LogP contribution is -2.50. The van der Waals surface area contributed by atoms with E-state index in [-0.39, 0.29) is 11.8 Å². The molecule has 0 saturated carbocycles.